The average molecular weight is 357 g/mol. The Hall–Kier alpha value is -2.21. The van der Waals surface area contributed by atoms with Gasteiger partial charge in [-0.15, -0.1) is 0 Å². The van der Waals surface area contributed by atoms with Crippen LogP contribution in [0.2, 0.25) is 5.02 Å². The maximum Gasteiger partial charge on any atom is 0.418 e. The molecule has 0 saturated carbocycles. The largest absolute Gasteiger partial charge is 0.418 e. The molecule has 0 saturated heterocycles. The van der Waals surface area contributed by atoms with Gasteiger partial charge in [-0.3, -0.25) is 0 Å². The van der Waals surface area contributed by atoms with E-state index in [1.54, 1.807) is 0 Å². The summed E-state index contributed by atoms with van der Waals surface area (Å²) in [6.07, 6.45) is -4.01. The van der Waals surface area contributed by atoms with Crippen molar-refractivity contribution in [1.82, 2.24) is 5.32 Å². The fourth-order valence-electron chi connectivity index (χ4n) is 2.28. The molecule has 0 aliphatic rings. The lowest BCUT2D eigenvalue weighted by Gasteiger charge is -2.19. The molecule has 2 aromatic rings. The maximum atomic E-state index is 13.0. The van der Waals surface area contributed by atoms with Gasteiger partial charge < -0.3 is 10.6 Å². The van der Waals surface area contributed by atoms with Gasteiger partial charge in [0, 0.05) is 5.02 Å². The van der Waals surface area contributed by atoms with Crippen molar-refractivity contribution in [2.75, 3.05) is 5.32 Å². The van der Waals surface area contributed by atoms with E-state index in [2.05, 4.69) is 10.6 Å². The quantitative estimate of drug-likeness (QED) is 0.732. The first kappa shape index (κ1) is 18.1. The lowest BCUT2D eigenvalue weighted by Crippen LogP contribution is -2.33. The summed E-state index contributed by atoms with van der Waals surface area (Å²) >= 11 is 5.62. The second-order valence-corrected chi connectivity index (χ2v) is 5.59. The normalized spacial score (nSPS) is 12.5. The van der Waals surface area contributed by atoms with Crippen LogP contribution in [0, 0.1) is 0 Å². The number of hydrogen-bond donors (Lipinski definition) is 2. The fourth-order valence-corrected chi connectivity index (χ4v) is 2.46. The van der Waals surface area contributed by atoms with Gasteiger partial charge in [0.2, 0.25) is 0 Å². The van der Waals surface area contributed by atoms with Gasteiger partial charge in [0.15, 0.2) is 0 Å². The lowest BCUT2D eigenvalue weighted by atomic mass is 10.1. The molecule has 7 heteroatoms. The average Bonchev–Trinajstić information content (AvgIpc) is 2.54. The smallest absolute Gasteiger partial charge is 0.331 e. The summed E-state index contributed by atoms with van der Waals surface area (Å²) < 4.78 is 39.1. The summed E-state index contributed by atoms with van der Waals surface area (Å²) in [4.78, 5) is 12.1. The van der Waals surface area contributed by atoms with Gasteiger partial charge in [-0.25, -0.2) is 4.79 Å². The minimum absolute atomic E-state index is 0.0518. The van der Waals surface area contributed by atoms with Crippen molar-refractivity contribution in [2.24, 2.45) is 0 Å². The van der Waals surface area contributed by atoms with Crippen LogP contribution in [0.5, 0.6) is 0 Å². The first-order chi connectivity index (χ1) is 11.3. The second-order valence-electron chi connectivity index (χ2n) is 5.16. The Kier molecular flexibility index (Phi) is 5.72. The van der Waals surface area contributed by atoms with Gasteiger partial charge >= 0.3 is 12.2 Å². The molecule has 24 heavy (non-hydrogen) atoms. The molecule has 0 aliphatic carbocycles. The summed E-state index contributed by atoms with van der Waals surface area (Å²) in [7, 11) is 0. The molecule has 2 rings (SSSR count). The van der Waals surface area contributed by atoms with E-state index in [1.807, 2.05) is 37.3 Å². The Balaban J connectivity index is 2.15. The van der Waals surface area contributed by atoms with Crippen molar-refractivity contribution in [3.63, 3.8) is 0 Å². The molecule has 0 aromatic heterocycles. The summed E-state index contributed by atoms with van der Waals surface area (Å²) in [5.41, 5.74) is -0.451. The number of hydrogen-bond acceptors (Lipinski definition) is 1. The molecule has 0 heterocycles. The Labute approximate surface area is 142 Å². The molecule has 2 amide bonds. The fraction of sp³-hybridized carbons (Fsp3) is 0.235. The van der Waals surface area contributed by atoms with Gasteiger partial charge in [0.05, 0.1) is 17.3 Å². The topological polar surface area (TPSA) is 41.1 Å². The van der Waals surface area contributed by atoms with Gasteiger partial charge in [0.25, 0.3) is 0 Å². The zero-order valence-electron chi connectivity index (χ0n) is 12.8. The summed E-state index contributed by atoms with van der Waals surface area (Å²) in [5, 5.41) is 4.87. The molecule has 1 unspecified atom stereocenters. The van der Waals surface area contributed by atoms with Gasteiger partial charge in [0.1, 0.15) is 0 Å². The number of amides is 2. The molecular formula is C17H16ClF3N2O. The standard InChI is InChI=1S/C17H16ClF3N2O/c1-2-14(11-6-4-3-5-7-11)22-16(24)23-15-9-8-12(18)10-13(15)17(19,20)21/h3-10,14H,2H2,1H3,(H2,22,23,24). The van der Waals surface area contributed by atoms with E-state index in [1.165, 1.54) is 6.07 Å². The highest BCUT2D eigenvalue weighted by atomic mass is 35.5. The van der Waals surface area contributed by atoms with Crippen molar-refractivity contribution in [3.05, 3.63) is 64.7 Å². The number of alkyl halides is 3. The highest BCUT2D eigenvalue weighted by molar-refractivity contribution is 6.30. The zero-order valence-corrected chi connectivity index (χ0v) is 13.6. The molecule has 128 valence electrons. The van der Waals surface area contributed by atoms with Gasteiger partial charge in [-0.05, 0) is 30.2 Å². The van der Waals surface area contributed by atoms with Crippen LogP contribution in [0.3, 0.4) is 0 Å². The predicted molar refractivity (Wildman–Crippen MR) is 88.1 cm³/mol. The van der Waals surface area contributed by atoms with Crippen LogP contribution in [-0.4, -0.2) is 6.03 Å². The third-order valence-electron chi connectivity index (χ3n) is 3.45. The monoisotopic (exact) mass is 356 g/mol. The predicted octanol–water partition coefficient (Wildman–Crippen LogP) is 5.63. The van der Waals surface area contributed by atoms with Gasteiger partial charge in [-0.1, -0.05) is 48.9 Å². The van der Waals surface area contributed by atoms with E-state index in [4.69, 9.17) is 11.6 Å². The second kappa shape index (κ2) is 7.57. The van der Waals surface area contributed by atoms with E-state index >= 15 is 0 Å². The Morgan fingerprint density at radius 2 is 1.83 bits per heavy atom. The molecule has 0 radical (unpaired) electrons. The highest BCUT2D eigenvalue weighted by Gasteiger charge is 2.34. The molecule has 0 fully saturated rings. The number of rotatable bonds is 4. The highest BCUT2D eigenvalue weighted by Crippen LogP contribution is 2.36. The molecule has 1 atom stereocenters. The minimum atomic E-state index is -4.61. The van der Waals surface area contributed by atoms with Crippen LogP contribution in [0.15, 0.2) is 48.5 Å². The van der Waals surface area contributed by atoms with Crippen molar-refractivity contribution in [2.45, 2.75) is 25.6 Å². The van der Waals surface area contributed by atoms with Crippen LogP contribution in [0.25, 0.3) is 0 Å². The van der Waals surface area contributed by atoms with Crippen LogP contribution >= 0.6 is 11.6 Å². The summed E-state index contributed by atoms with van der Waals surface area (Å²) in [6.45, 7) is 1.88. The number of urea groups is 1. The Bertz CT molecular complexity index is 705. The SMILES string of the molecule is CCC(NC(=O)Nc1ccc(Cl)cc1C(F)(F)F)c1ccccc1. The number of halogens is 4. The van der Waals surface area contributed by atoms with E-state index in [9.17, 15) is 18.0 Å². The van der Waals surface area contributed by atoms with Crippen LogP contribution < -0.4 is 10.6 Å². The van der Waals surface area contributed by atoms with E-state index in [-0.39, 0.29) is 16.8 Å². The Morgan fingerprint density at radius 1 is 1.17 bits per heavy atom. The molecular weight excluding hydrogens is 341 g/mol. The molecule has 0 aliphatic heterocycles. The third kappa shape index (κ3) is 4.64. The van der Waals surface area contributed by atoms with Gasteiger partial charge in [-0.2, -0.15) is 13.2 Å². The van der Waals surface area contributed by atoms with Crippen LogP contribution in [0.1, 0.15) is 30.5 Å². The first-order valence-corrected chi connectivity index (χ1v) is 7.68. The maximum absolute atomic E-state index is 13.0. The lowest BCUT2D eigenvalue weighted by molar-refractivity contribution is -0.136. The Morgan fingerprint density at radius 3 is 2.42 bits per heavy atom. The number of carbonyl (C=O) groups is 1. The molecule has 2 aromatic carbocycles. The van der Waals surface area contributed by atoms with E-state index in [0.29, 0.717) is 6.42 Å². The van der Waals surface area contributed by atoms with E-state index < -0.39 is 17.8 Å². The van der Waals surface area contributed by atoms with Crippen LogP contribution in [-0.2, 0) is 6.18 Å². The minimum Gasteiger partial charge on any atom is -0.331 e. The number of carbonyl (C=O) groups excluding carboxylic acids is 1. The third-order valence-corrected chi connectivity index (χ3v) is 3.69. The van der Waals surface area contributed by atoms with Crippen molar-refractivity contribution in [1.29, 1.82) is 0 Å². The van der Waals surface area contributed by atoms with Crippen LogP contribution in [0.4, 0.5) is 23.7 Å². The van der Waals surface area contributed by atoms with Crippen molar-refractivity contribution in [3.8, 4) is 0 Å². The number of benzene rings is 2. The first-order valence-electron chi connectivity index (χ1n) is 7.30. The van der Waals surface area contributed by atoms with Crippen molar-refractivity contribution < 1.29 is 18.0 Å². The zero-order chi connectivity index (χ0) is 17.7. The molecule has 3 nitrogen and oxygen atoms in total. The number of nitrogens with one attached hydrogen (secondary N) is 2. The number of anilines is 1. The summed E-state index contributed by atoms with van der Waals surface area (Å²) in [6, 6.07) is 11.4. The summed E-state index contributed by atoms with van der Waals surface area (Å²) in [5.74, 6) is 0. The van der Waals surface area contributed by atoms with Crippen molar-refractivity contribution >= 4 is 23.3 Å². The van der Waals surface area contributed by atoms with E-state index in [0.717, 1.165) is 17.7 Å². The molecule has 0 spiro atoms. The molecule has 2 N–H and O–H groups in total. The molecule has 0 bridgehead atoms.